The van der Waals surface area contributed by atoms with Crippen molar-refractivity contribution in [1.82, 2.24) is 4.90 Å². The maximum Gasteiger partial charge on any atom is 0.133 e. The molecule has 0 aromatic heterocycles. The summed E-state index contributed by atoms with van der Waals surface area (Å²) in [6, 6.07) is 2.65. The molecule has 0 aliphatic rings. The van der Waals surface area contributed by atoms with Crippen LogP contribution in [0.15, 0.2) is 0 Å². The second-order valence-corrected chi connectivity index (χ2v) is 4.94. The van der Waals surface area contributed by atoms with Crippen LogP contribution in [0.25, 0.3) is 0 Å². The van der Waals surface area contributed by atoms with Crippen molar-refractivity contribution in [2.24, 2.45) is 5.92 Å². The zero-order chi connectivity index (χ0) is 11.8. The van der Waals surface area contributed by atoms with E-state index in [1.54, 1.807) is 0 Å². The van der Waals surface area contributed by atoms with E-state index in [9.17, 15) is 0 Å². The Balaban J connectivity index is 4.36. The van der Waals surface area contributed by atoms with Gasteiger partial charge in [-0.05, 0) is 18.8 Å². The average Bonchev–Trinajstić information content (AvgIpc) is 2.18. The van der Waals surface area contributed by atoms with Gasteiger partial charge < -0.3 is 0 Å². The van der Waals surface area contributed by atoms with Crippen LogP contribution < -0.4 is 0 Å². The van der Waals surface area contributed by atoms with Crippen LogP contribution in [0, 0.1) is 17.2 Å². The monoisotopic (exact) mass is 230 g/mol. The first kappa shape index (κ1) is 14.7. The molecule has 0 rings (SSSR count). The summed E-state index contributed by atoms with van der Waals surface area (Å²) in [5.74, 6) is 0.619. The molecule has 0 spiro atoms. The number of hydrogen-bond donors (Lipinski definition) is 0. The third kappa shape index (κ3) is 6.02. The largest absolute Gasteiger partial charge is 0.298 e. The first-order chi connectivity index (χ1) is 7.04. The molecule has 0 heterocycles. The Morgan fingerprint density at radius 3 is 2.07 bits per heavy atom. The van der Waals surface area contributed by atoms with E-state index in [1.165, 1.54) is 0 Å². The van der Waals surface area contributed by atoms with Crippen LogP contribution in [0.3, 0.4) is 0 Å². The highest BCUT2D eigenvalue weighted by Gasteiger charge is 2.19. The first-order valence-corrected chi connectivity index (χ1v) is 6.26. The number of nitrogens with zero attached hydrogens (tertiary/aromatic N) is 2. The highest BCUT2D eigenvalue weighted by molar-refractivity contribution is 6.22. The zero-order valence-corrected chi connectivity index (χ0v) is 11.1. The van der Waals surface area contributed by atoms with Crippen molar-refractivity contribution < 1.29 is 0 Å². The van der Waals surface area contributed by atoms with Crippen molar-refractivity contribution >= 4 is 11.6 Å². The summed E-state index contributed by atoms with van der Waals surface area (Å²) < 4.78 is 0. The van der Waals surface area contributed by atoms with Gasteiger partial charge in [0.15, 0.2) is 0 Å². The predicted molar refractivity (Wildman–Crippen MR) is 66.0 cm³/mol. The zero-order valence-electron chi connectivity index (χ0n) is 10.3. The molecule has 0 bridgehead atoms. The average molecular weight is 231 g/mol. The summed E-state index contributed by atoms with van der Waals surface area (Å²) in [5, 5.41) is 8.35. The van der Waals surface area contributed by atoms with E-state index in [-0.39, 0.29) is 5.38 Å². The molecule has 0 fully saturated rings. The van der Waals surface area contributed by atoms with Crippen LogP contribution in [0.5, 0.6) is 0 Å². The second kappa shape index (κ2) is 7.96. The molecule has 15 heavy (non-hydrogen) atoms. The fourth-order valence-corrected chi connectivity index (χ4v) is 2.07. The molecule has 0 amide bonds. The van der Waals surface area contributed by atoms with Crippen LogP contribution in [-0.2, 0) is 0 Å². The maximum atomic E-state index is 8.74. The molecule has 1 unspecified atom stereocenters. The van der Waals surface area contributed by atoms with E-state index < -0.39 is 0 Å². The van der Waals surface area contributed by atoms with Gasteiger partial charge >= 0.3 is 0 Å². The predicted octanol–water partition coefficient (Wildman–Crippen LogP) is 3.26. The van der Waals surface area contributed by atoms with E-state index >= 15 is 0 Å². The molecule has 0 aliphatic heterocycles. The maximum absolute atomic E-state index is 8.74. The molecule has 0 saturated carbocycles. The standard InChI is InChI=1S/C12H23ClN2/c1-5-12(6-2)15(8-10(3)4)9-11(13)7-14/h10-12H,5-6,8-9H2,1-4H3. The lowest BCUT2D eigenvalue weighted by Gasteiger charge is -2.32. The van der Waals surface area contributed by atoms with Crippen LogP contribution in [0.4, 0.5) is 0 Å². The Hall–Kier alpha value is -0.260. The van der Waals surface area contributed by atoms with Gasteiger partial charge in [-0.1, -0.05) is 27.7 Å². The quantitative estimate of drug-likeness (QED) is 0.628. The van der Waals surface area contributed by atoms with E-state index in [0.29, 0.717) is 18.5 Å². The minimum Gasteiger partial charge on any atom is -0.298 e. The molecular formula is C12H23ClN2. The van der Waals surface area contributed by atoms with Crippen LogP contribution in [-0.4, -0.2) is 29.4 Å². The van der Waals surface area contributed by atoms with Crippen LogP contribution in [0.1, 0.15) is 40.5 Å². The topological polar surface area (TPSA) is 27.0 Å². The van der Waals surface area contributed by atoms with Crippen LogP contribution in [0.2, 0.25) is 0 Å². The molecule has 0 aromatic rings. The number of halogens is 1. The number of nitriles is 1. The minimum atomic E-state index is -0.385. The van der Waals surface area contributed by atoms with Gasteiger partial charge in [-0.3, -0.25) is 4.90 Å². The van der Waals surface area contributed by atoms with Gasteiger partial charge in [0.2, 0.25) is 0 Å². The van der Waals surface area contributed by atoms with Crippen molar-refractivity contribution in [3.63, 3.8) is 0 Å². The van der Waals surface area contributed by atoms with Gasteiger partial charge in [0.05, 0.1) is 6.07 Å². The molecule has 1 atom stereocenters. The number of alkyl halides is 1. The van der Waals surface area contributed by atoms with Crippen molar-refractivity contribution in [1.29, 1.82) is 5.26 Å². The Kier molecular flexibility index (Phi) is 7.82. The molecule has 0 saturated heterocycles. The summed E-state index contributed by atoms with van der Waals surface area (Å²) >= 11 is 5.90. The van der Waals surface area contributed by atoms with Gasteiger partial charge in [-0.15, -0.1) is 11.6 Å². The fraction of sp³-hybridized carbons (Fsp3) is 0.917. The minimum absolute atomic E-state index is 0.385. The molecule has 3 heteroatoms. The Bertz CT molecular complexity index is 194. The van der Waals surface area contributed by atoms with Gasteiger partial charge in [0, 0.05) is 19.1 Å². The van der Waals surface area contributed by atoms with E-state index in [4.69, 9.17) is 16.9 Å². The van der Waals surface area contributed by atoms with E-state index in [2.05, 4.69) is 38.7 Å². The Morgan fingerprint density at radius 1 is 1.20 bits per heavy atom. The Labute approximate surface area is 99.2 Å². The highest BCUT2D eigenvalue weighted by Crippen LogP contribution is 2.13. The second-order valence-electron chi connectivity index (χ2n) is 4.41. The van der Waals surface area contributed by atoms with E-state index in [1.807, 2.05) is 0 Å². The summed E-state index contributed by atoms with van der Waals surface area (Å²) in [6.07, 6.45) is 2.25. The fourth-order valence-electron chi connectivity index (χ4n) is 1.89. The van der Waals surface area contributed by atoms with Crippen LogP contribution >= 0.6 is 11.6 Å². The molecule has 0 N–H and O–H groups in total. The third-order valence-electron chi connectivity index (χ3n) is 2.59. The third-order valence-corrected chi connectivity index (χ3v) is 2.83. The normalized spacial score (nSPS) is 13.5. The lowest BCUT2D eigenvalue weighted by Crippen LogP contribution is -2.40. The van der Waals surface area contributed by atoms with Crippen molar-refractivity contribution in [2.75, 3.05) is 13.1 Å². The smallest absolute Gasteiger partial charge is 0.133 e. The van der Waals surface area contributed by atoms with Gasteiger partial charge in [0.1, 0.15) is 5.38 Å². The Morgan fingerprint density at radius 2 is 1.73 bits per heavy atom. The van der Waals surface area contributed by atoms with Gasteiger partial charge in [-0.25, -0.2) is 0 Å². The molecule has 2 nitrogen and oxygen atoms in total. The summed E-state index contributed by atoms with van der Waals surface area (Å²) in [7, 11) is 0. The molecular weight excluding hydrogens is 208 g/mol. The summed E-state index contributed by atoms with van der Waals surface area (Å²) in [5.41, 5.74) is 0. The summed E-state index contributed by atoms with van der Waals surface area (Å²) in [6.45, 7) is 10.5. The SMILES string of the molecule is CCC(CC)N(CC(C)C)CC(Cl)C#N. The van der Waals surface area contributed by atoms with Crippen molar-refractivity contribution in [3.05, 3.63) is 0 Å². The first-order valence-electron chi connectivity index (χ1n) is 5.82. The van der Waals surface area contributed by atoms with E-state index in [0.717, 1.165) is 19.4 Å². The lowest BCUT2D eigenvalue weighted by molar-refractivity contribution is 0.170. The van der Waals surface area contributed by atoms with Gasteiger partial charge in [0.25, 0.3) is 0 Å². The number of hydrogen-bond acceptors (Lipinski definition) is 2. The lowest BCUT2D eigenvalue weighted by atomic mass is 10.1. The highest BCUT2D eigenvalue weighted by atomic mass is 35.5. The number of rotatable bonds is 7. The van der Waals surface area contributed by atoms with Crippen molar-refractivity contribution in [3.8, 4) is 6.07 Å². The molecule has 88 valence electrons. The van der Waals surface area contributed by atoms with Gasteiger partial charge in [-0.2, -0.15) is 5.26 Å². The summed E-state index contributed by atoms with van der Waals surface area (Å²) in [4.78, 5) is 2.35. The van der Waals surface area contributed by atoms with Crippen molar-refractivity contribution in [2.45, 2.75) is 52.0 Å². The molecule has 0 radical (unpaired) electrons. The molecule has 0 aliphatic carbocycles. The molecule has 0 aromatic carbocycles.